The number of benzene rings is 1. The van der Waals surface area contributed by atoms with E-state index < -0.39 is 5.97 Å². The van der Waals surface area contributed by atoms with Crippen molar-refractivity contribution in [2.45, 2.75) is 51.4 Å². The van der Waals surface area contributed by atoms with Gasteiger partial charge in [0.25, 0.3) is 0 Å². The molecule has 0 spiro atoms. The molecule has 0 aromatic heterocycles. The largest absolute Gasteiger partial charge is 0.481 e. The van der Waals surface area contributed by atoms with Crippen LogP contribution in [-0.4, -0.2) is 11.1 Å². The molecule has 0 bridgehead atoms. The second-order valence-electron chi connectivity index (χ2n) is 5.58. The van der Waals surface area contributed by atoms with Crippen molar-refractivity contribution in [2.24, 2.45) is 0 Å². The first-order valence-electron chi connectivity index (χ1n) is 6.32. The molecule has 2 heteroatoms. The second kappa shape index (κ2) is 4.17. The highest BCUT2D eigenvalue weighted by Crippen LogP contribution is 2.37. The maximum absolute atomic E-state index is 11.2. The minimum absolute atomic E-state index is 0.126. The molecule has 0 heterocycles. The van der Waals surface area contributed by atoms with Crippen LogP contribution in [0.5, 0.6) is 0 Å². The number of rotatable bonds is 3. The monoisotopic (exact) mass is 232 g/mol. The van der Waals surface area contributed by atoms with Gasteiger partial charge in [0.2, 0.25) is 0 Å². The molecule has 2 rings (SSSR count). The molecule has 1 unspecified atom stereocenters. The summed E-state index contributed by atoms with van der Waals surface area (Å²) in [6, 6.07) is 6.39. The van der Waals surface area contributed by atoms with Crippen LogP contribution < -0.4 is 0 Å². The molecule has 92 valence electrons. The minimum Gasteiger partial charge on any atom is -0.481 e. The Hall–Kier alpha value is -1.31. The summed E-state index contributed by atoms with van der Waals surface area (Å²) in [4.78, 5) is 11.2. The van der Waals surface area contributed by atoms with E-state index in [0.29, 0.717) is 0 Å². The van der Waals surface area contributed by atoms with Crippen LogP contribution in [0.2, 0.25) is 0 Å². The van der Waals surface area contributed by atoms with Gasteiger partial charge in [0.05, 0.1) is 5.92 Å². The van der Waals surface area contributed by atoms with Gasteiger partial charge in [-0.1, -0.05) is 39.0 Å². The van der Waals surface area contributed by atoms with Gasteiger partial charge in [-0.3, -0.25) is 4.79 Å². The molecule has 1 aliphatic carbocycles. The summed E-state index contributed by atoms with van der Waals surface area (Å²) < 4.78 is 0. The fraction of sp³-hybridized carbons (Fsp3) is 0.533. The topological polar surface area (TPSA) is 37.3 Å². The summed E-state index contributed by atoms with van der Waals surface area (Å²) in [6.07, 6.45) is 2.71. The predicted molar refractivity (Wildman–Crippen MR) is 68.5 cm³/mol. The van der Waals surface area contributed by atoms with E-state index in [1.165, 1.54) is 11.1 Å². The Morgan fingerprint density at radius 1 is 1.47 bits per heavy atom. The third-order valence-corrected chi connectivity index (χ3v) is 4.19. The lowest BCUT2D eigenvalue weighted by Gasteiger charge is -2.24. The van der Waals surface area contributed by atoms with E-state index in [2.05, 4.69) is 39.0 Å². The zero-order chi connectivity index (χ0) is 12.6. The van der Waals surface area contributed by atoms with Gasteiger partial charge in [-0.25, -0.2) is 0 Å². The predicted octanol–water partition coefficient (Wildman–Crippen LogP) is 3.49. The van der Waals surface area contributed by atoms with Crippen LogP contribution in [0.1, 0.15) is 56.2 Å². The van der Waals surface area contributed by atoms with Gasteiger partial charge in [-0.05, 0) is 41.4 Å². The molecule has 1 atom stereocenters. The highest BCUT2D eigenvalue weighted by Gasteiger charge is 2.30. The molecule has 0 saturated heterocycles. The van der Waals surface area contributed by atoms with E-state index in [0.717, 1.165) is 24.8 Å². The van der Waals surface area contributed by atoms with Gasteiger partial charge in [0.1, 0.15) is 0 Å². The van der Waals surface area contributed by atoms with Gasteiger partial charge in [-0.2, -0.15) is 0 Å². The normalized spacial score (nSPS) is 19.1. The SMILES string of the molecule is CCC(C)(C)c1ccc2c(c1)C(C(=O)O)CC2. The lowest BCUT2D eigenvalue weighted by Crippen LogP contribution is -2.16. The fourth-order valence-electron chi connectivity index (χ4n) is 2.48. The average molecular weight is 232 g/mol. The van der Waals surface area contributed by atoms with Crippen LogP contribution in [0.3, 0.4) is 0 Å². The lowest BCUT2D eigenvalue weighted by atomic mass is 9.80. The highest BCUT2D eigenvalue weighted by molar-refractivity contribution is 5.78. The maximum atomic E-state index is 11.2. The van der Waals surface area contributed by atoms with Crippen molar-refractivity contribution in [3.05, 3.63) is 34.9 Å². The molecular formula is C15H20O2. The van der Waals surface area contributed by atoms with E-state index in [-0.39, 0.29) is 11.3 Å². The number of aliphatic carboxylic acids is 1. The number of fused-ring (bicyclic) bond motifs is 1. The quantitative estimate of drug-likeness (QED) is 0.866. The number of carboxylic acids is 1. The van der Waals surface area contributed by atoms with Crippen LogP contribution in [0, 0.1) is 0 Å². The highest BCUT2D eigenvalue weighted by atomic mass is 16.4. The third-order valence-electron chi connectivity index (χ3n) is 4.19. The fourth-order valence-corrected chi connectivity index (χ4v) is 2.48. The molecule has 17 heavy (non-hydrogen) atoms. The molecule has 1 N–H and O–H groups in total. The molecular weight excluding hydrogens is 212 g/mol. The lowest BCUT2D eigenvalue weighted by molar-refractivity contribution is -0.138. The average Bonchev–Trinajstić information content (AvgIpc) is 2.71. The summed E-state index contributed by atoms with van der Waals surface area (Å²) in [6.45, 7) is 6.58. The summed E-state index contributed by atoms with van der Waals surface area (Å²) in [5.41, 5.74) is 3.64. The summed E-state index contributed by atoms with van der Waals surface area (Å²) >= 11 is 0. The van der Waals surface area contributed by atoms with Crippen molar-refractivity contribution in [3.8, 4) is 0 Å². The summed E-state index contributed by atoms with van der Waals surface area (Å²) in [5.74, 6) is -0.979. The van der Waals surface area contributed by atoms with Crippen molar-refractivity contribution < 1.29 is 9.90 Å². The standard InChI is InChI=1S/C15H20O2/c1-4-15(2,3)11-7-5-10-6-8-12(14(16)17)13(10)9-11/h5,7,9,12H,4,6,8H2,1-3H3,(H,16,17). The molecule has 1 aromatic rings. The molecule has 2 nitrogen and oxygen atoms in total. The Morgan fingerprint density at radius 2 is 2.18 bits per heavy atom. The van der Waals surface area contributed by atoms with Crippen molar-refractivity contribution in [2.75, 3.05) is 0 Å². The van der Waals surface area contributed by atoms with E-state index in [1.54, 1.807) is 0 Å². The van der Waals surface area contributed by atoms with Crippen molar-refractivity contribution >= 4 is 5.97 Å². The van der Waals surface area contributed by atoms with Crippen molar-refractivity contribution in [1.29, 1.82) is 0 Å². The Morgan fingerprint density at radius 3 is 2.76 bits per heavy atom. The van der Waals surface area contributed by atoms with Crippen LogP contribution in [0.4, 0.5) is 0 Å². The molecule has 0 radical (unpaired) electrons. The number of hydrogen-bond acceptors (Lipinski definition) is 1. The molecule has 1 aliphatic rings. The smallest absolute Gasteiger partial charge is 0.310 e. The number of carbonyl (C=O) groups is 1. The molecule has 0 amide bonds. The zero-order valence-electron chi connectivity index (χ0n) is 10.8. The van der Waals surface area contributed by atoms with Gasteiger partial charge in [0, 0.05) is 0 Å². The van der Waals surface area contributed by atoms with Gasteiger partial charge < -0.3 is 5.11 Å². The van der Waals surface area contributed by atoms with Crippen LogP contribution in [-0.2, 0) is 16.6 Å². The molecule has 0 fully saturated rings. The maximum Gasteiger partial charge on any atom is 0.310 e. The van der Waals surface area contributed by atoms with E-state index in [9.17, 15) is 9.90 Å². The number of hydrogen-bond donors (Lipinski definition) is 1. The van der Waals surface area contributed by atoms with E-state index in [1.807, 2.05) is 0 Å². The molecule has 1 aromatic carbocycles. The molecule has 0 aliphatic heterocycles. The Kier molecular flexibility index (Phi) is 2.98. The summed E-state index contributed by atoms with van der Waals surface area (Å²) in [5, 5.41) is 9.21. The Labute approximate surface area is 103 Å². The number of carboxylic acid groups (broad SMARTS) is 1. The first-order chi connectivity index (χ1) is 7.95. The van der Waals surface area contributed by atoms with Crippen molar-refractivity contribution in [3.63, 3.8) is 0 Å². The van der Waals surface area contributed by atoms with Crippen LogP contribution in [0.15, 0.2) is 18.2 Å². The van der Waals surface area contributed by atoms with Crippen LogP contribution in [0.25, 0.3) is 0 Å². The van der Waals surface area contributed by atoms with Gasteiger partial charge in [0.15, 0.2) is 0 Å². The number of aryl methyl sites for hydroxylation is 1. The minimum atomic E-state index is -0.685. The van der Waals surface area contributed by atoms with E-state index in [4.69, 9.17) is 0 Å². The first-order valence-corrected chi connectivity index (χ1v) is 6.32. The zero-order valence-corrected chi connectivity index (χ0v) is 10.8. The van der Waals surface area contributed by atoms with Gasteiger partial charge in [-0.15, -0.1) is 0 Å². The molecule has 0 saturated carbocycles. The Bertz CT molecular complexity index is 446. The van der Waals surface area contributed by atoms with Crippen LogP contribution >= 0.6 is 0 Å². The third kappa shape index (κ3) is 2.08. The van der Waals surface area contributed by atoms with Crippen molar-refractivity contribution in [1.82, 2.24) is 0 Å². The second-order valence-corrected chi connectivity index (χ2v) is 5.58. The Balaban J connectivity index is 2.43. The van der Waals surface area contributed by atoms with E-state index >= 15 is 0 Å². The first kappa shape index (κ1) is 12.2. The summed E-state index contributed by atoms with van der Waals surface area (Å²) in [7, 11) is 0. The van der Waals surface area contributed by atoms with Gasteiger partial charge >= 0.3 is 5.97 Å².